The fraction of sp³-hybridized carbons (Fsp3) is 0.917. The Morgan fingerprint density at radius 1 is 1.31 bits per heavy atom. The van der Waals surface area contributed by atoms with Gasteiger partial charge in [0.2, 0.25) is 0 Å². The summed E-state index contributed by atoms with van der Waals surface area (Å²) in [6.45, 7) is 8.22. The molecule has 2 heterocycles. The van der Waals surface area contributed by atoms with Crippen LogP contribution in [0.5, 0.6) is 0 Å². The van der Waals surface area contributed by atoms with E-state index in [1.165, 1.54) is 6.42 Å². The minimum Gasteiger partial charge on any atom is -0.377 e. The summed E-state index contributed by atoms with van der Waals surface area (Å²) in [5.41, 5.74) is 0. The number of piperidine rings is 1. The molecule has 92 valence electrons. The smallest absolute Gasteiger partial charge is 0.320 e. The third-order valence-electron chi connectivity index (χ3n) is 3.54. The van der Waals surface area contributed by atoms with Crippen LogP contribution in [0.2, 0.25) is 0 Å². The molecule has 0 spiro atoms. The van der Waals surface area contributed by atoms with E-state index in [9.17, 15) is 4.79 Å². The summed E-state index contributed by atoms with van der Waals surface area (Å²) in [7, 11) is 0. The zero-order valence-corrected chi connectivity index (χ0v) is 10.3. The van der Waals surface area contributed by atoms with Crippen molar-refractivity contribution >= 4 is 6.03 Å². The molecule has 0 aromatic carbocycles. The Morgan fingerprint density at radius 2 is 2.12 bits per heavy atom. The van der Waals surface area contributed by atoms with Gasteiger partial charge in [0, 0.05) is 19.6 Å². The first kappa shape index (κ1) is 11.7. The molecule has 0 saturated carbocycles. The largest absolute Gasteiger partial charge is 0.377 e. The summed E-state index contributed by atoms with van der Waals surface area (Å²) in [4.78, 5) is 16.3. The van der Waals surface area contributed by atoms with Gasteiger partial charge >= 0.3 is 6.03 Å². The topological polar surface area (TPSA) is 32.8 Å². The molecule has 2 saturated heterocycles. The van der Waals surface area contributed by atoms with Crippen LogP contribution in [-0.2, 0) is 4.74 Å². The lowest BCUT2D eigenvalue weighted by Crippen LogP contribution is -2.54. The third-order valence-corrected chi connectivity index (χ3v) is 3.54. The summed E-state index contributed by atoms with van der Waals surface area (Å²) in [5.74, 6) is 0.647. The number of ether oxygens (including phenoxy) is 1. The van der Waals surface area contributed by atoms with Crippen molar-refractivity contribution < 1.29 is 9.53 Å². The predicted molar refractivity (Wildman–Crippen MR) is 62.4 cm³/mol. The van der Waals surface area contributed by atoms with Crippen LogP contribution in [0.25, 0.3) is 0 Å². The molecule has 2 atom stereocenters. The van der Waals surface area contributed by atoms with E-state index >= 15 is 0 Å². The number of likely N-dealkylation sites (tertiary alicyclic amines) is 1. The van der Waals surface area contributed by atoms with Crippen molar-refractivity contribution in [3.8, 4) is 0 Å². The standard InChI is InChI=1S/C12H22N2O2/c1-10-4-3-5-13(8-10)12(15)14-6-7-16-9-11(14)2/h10-11H,3-9H2,1-2H3/t10?,11-/m1/s1. The monoisotopic (exact) mass is 226 g/mol. The van der Waals surface area contributed by atoms with E-state index in [0.717, 1.165) is 26.1 Å². The van der Waals surface area contributed by atoms with Gasteiger partial charge in [-0.05, 0) is 25.7 Å². The average Bonchev–Trinajstić information content (AvgIpc) is 2.29. The van der Waals surface area contributed by atoms with Crippen molar-refractivity contribution in [2.24, 2.45) is 5.92 Å². The summed E-state index contributed by atoms with van der Waals surface area (Å²) < 4.78 is 5.36. The molecule has 4 heteroatoms. The van der Waals surface area contributed by atoms with Gasteiger partial charge in [-0.15, -0.1) is 0 Å². The van der Waals surface area contributed by atoms with Gasteiger partial charge in [-0.3, -0.25) is 0 Å². The molecule has 2 aliphatic heterocycles. The summed E-state index contributed by atoms with van der Waals surface area (Å²) in [6, 6.07) is 0.431. The van der Waals surface area contributed by atoms with Crippen molar-refractivity contribution in [1.82, 2.24) is 9.80 Å². The van der Waals surface area contributed by atoms with E-state index < -0.39 is 0 Å². The molecule has 0 aromatic rings. The number of hydrogen-bond donors (Lipinski definition) is 0. The average molecular weight is 226 g/mol. The molecule has 0 N–H and O–H groups in total. The number of amides is 2. The summed E-state index contributed by atoms with van der Waals surface area (Å²) >= 11 is 0. The number of hydrogen-bond acceptors (Lipinski definition) is 2. The minimum absolute atomic E-state index is 0.211. The molecule has 1 unspecified atom stereocenters. The number of rotatable bonds is 0. The highest BCUT2D eigenvalue weighted by atomic mass is 16.5. The second kappa shape index (κ2) is 5.04. The first-order valence-corrected chi connectivity index (χ1v) is 6.32. The van der Waals surface area contributed by atoms with Gasteiger partial charge < -0.3 is 14.5 Å². The molecule has 2 fully saturated rings. The van der Waals surface area contributed by atoms with Gasteiger partial charge in [-0.25, -0.2) is 4.79 Å². The van der Waals surface area contributed by atoms with Crippen LogP contribution >= 0.6 is 0 Å². The number of nitrogens with zero attached hydrogens (tertiary/aromatic N) is 2. The fourth-order valence-electron chi connectivity index (χ4n) is 2.56. The molecule has 0 radical (unpaired) electrons. The van der Waals surface area contributed by atoms with Crippen molar-refractivity contribution in [1.29, 1.82) is 0 Å². The van der Waals surface area contributed by atoms with E-state index in [4.69, 9.17) is 4.74 Å². The molecule has 2 aliphatic rings. The Morgan fingerprint density at radius 3 is 2.81 bits per heavy atom. The van der Waals surface area contributed by atoms with Crippen LogP contribution in [0.3, 0.4) is 0 Å². The van der Waals surface area contributed by atoms with Gasteiger partial charge in [0.1, 0.15) is 0 Å². The predicted octanol–water partition coefficient (Wildman–Crippen LogP) is 1.56. The molecule has 4 nitrogen and oxygen atoms in total. The maximum Gasteiger partial charge on any atom is 0.320 e. The molecule has 2 amide bonds. The Labute approximate surface area is 97.5 Å². The van der Waals surface area contributed by atoms with E-state index in [-0.39, 0.29) is 12.1 Å². The molecule has 16 heavy (non-hydrogen) atoms. The number of carbonyl (C=O) groups is 1. The second-order valence-corrected chi connectivity index (χ2v) is 5.09. The molecule has 0 aromatic heterocycles. The lowest BCUT2D eigenvalue weighted by atomic mass is 10.0. The quantitative estimate of drug-likeness (QED) is 0.628. The van der Waals surface area contributed by atoms with Crippen LogP contribution < -0.4 is 0 Å². The molecule has 0 aliphatic carbocycles. The normalized spacial score (nSPS) is 31.6. The van der Waals surface area contributed by atoms with Crippen LogP contribution in [0.4, 0.5) is 4.79 Å². The number of carbonyl (C=O) groups excluding carboxylic acids is 1. The van der Waals surface area contributed by atoms with Gasteiger partial charge in [0.05, 0.1) is 19.3 Å². The first-order valence-electron chi connectivity index (χ1n) is 6.32. The Hall–Kier alpha value is -0.770. The lowest BCUT2D eigenvalue weighted by molar-refractivity contribution is 0.00765. The third kappa shape index (κ3) is 2.48. The number of urea groups is 1. The fourth-order valence-corrected chi connectivity index (χ4v) is 2.56. The van der Waals surface area contributed by atoms with Gasteiger partial charge in [0.25, 0.3) is 0 Å². The van der Waals surface area contributed by atoms with Gasteiger partial charge in [-0.1, -0.05) is 6.92 Å². The highest BCUT2D eigenvalue weighted by Crippen LogP contribution is 2.18. The molecule has 2 rings (SSSR count). The zero-order valence-electron chi connectivity index (χ0n) is 10.3. The summed E-state index contributed by atoms with van der Waals surface area (Å²) in [6.07, 6.45) is 2.40. The SMILES string of the molecule is CC1CCCN(C(=O)N2CCOC[C@H]2C)C1. The highest BCUT2D eigenvalue weighted by molar-refractivity contribution is 5.75. The Kier molecular flexibility index (Phi) is 3.69. The van der Waals surface area contributed by atoms with Crippen LogP contribution in [0.1, 0.15) is 26.7 Å². The Bertz CT molecular complexity index is 257. The maximum atomic E-state index is 12.3. The van der Waals surface area contributed by atoms with E-state index in [2.05, 4.69) is 13.8 Å². The second-order valence-electron chi connectivity index (χ2n) is 5.09. The van der Waals surface area contributed by atoms with Gasteiger partial charge in [0.15, 0.2) is 0 Å². The number of morpholine rings is 1. The zero-order chi connectivity index (χ0) is 11.5. The highest BCUT2D eigenvalue weighted by Gasteiger charge is 2.29. The van der Waals surface area contributed by atoms with Crippen molar-refractivity contribution in [2.75, 3.05) is 32.8 Å². The summed E-state index contributed by atoms with van der Waals surface area (Å²) in [5, 5.41) is 0. The lowest BCUT2D eigenvalue weighted by Gasteiger charge is -2.39. The molecular weight excluding hydrogens is 204 g/mol. The van der Waals surface area contributed by atoms with Crippen molar-refractivity contribution in [3.05, 3.63) is 0 Å². The Balaban J connectivity index is 1.94. The van der Waals surface area contributed by atoms with Crippen LogP contribution in [0, 0.1) is 5.92 Å². The van der Waals surface area contributed by atoms with Gasteiger partial charge in [-0.2, -0.15) is 0 Å². The van der Waals surface area contributed by atoms with E-state index in [1.807, 2.05) is 9.80 Å². The first-order chi connectivity index (χ1) is 7.68. The minimum atomic E-state index is 0.211. The molecular formula is C12H22N2O2. The molecule has 0 bridgehead atoms. The van der Waals surface area contributed by atoms with E-state index in [1.54, 1.807) is 0 Å². The van der Waals surface area contributed by atoms with Crippen LogP contribution in [-0.4, -0.2) is 54.7 Å². The van der Waals surface area contributed by atoms with Crippen molar-refractivity contribution in [2.45, 2.75) is 32.7 Å². The van der Waals surface area contributed by atoms with E-state index in [0.29, 0.717) is 19.1 Å². The van der Waals surface area contributed by atoms with Crippen molar-refractivity contribution in [3.63, 3.8) is 0 Å². The van der Waals surface area contributed by atoms with Crippen LogP contribution in [0.15, 0.2) is 0 Å². The maximum absolute atomic E-state index is 12.3.